The molecule has 0 aromatic heterocycles. The van der Waals surface area contributed by atoms with E-state index in [1.165, 1.54) is 0 Å². The molecule has 206 valence electrons. The molecule has 0 radical (unpaired) electrons. The van der Waals surface area contributed by atoms with Gasteiger partial charge in [-0.2, -0.15) is 0 Å². The highest BCUT2D eigenvalue weighted by atomic mass is 16.5. The molecule has 0 spiro atoms. The number of hydrogen-bond acceptors (Lipinski definition) is 6. The third-order valence-electron chi connectivity index (χ3n) is 11.0. The van der Waals surface area contributed by atoms with Crippen molar-refractivity contribution < 1.29 is 29.3 Å². The Morgan fingerprint density at radius 3 is 1.92 bits per heavy atom. The second kappa shape index (κ2) is 9.43. The summed E-state index contributed by atoms with van der Waals surface area (Å²) in [6, 6.07) is 0. The highest BCUT2D eigenvalue weighted by Crippen LogP contribution is 2.59. The summed E-state index contributed by atoms with van der Waals surface area (Å²) in [5, 5.41) is 21.5. The number of aliphatic hydroxyl groups is 2. The quantitative estimate of drug-likeness (QED) is 0.472. The lowest BCUT2D eigenvalue weighted by atomic mass is 9.50. The van der Waals surface area contributed by atoms with Gasteiger partial charge in [0.2, 0.25) is 0 Å². The van der Waals surface area contributed by atoms with Crippen LogP contribution in [0.4, 0.5) is 0 Å². The van der Waals surface area contributed by atoms with Gasteiger partial charge in [0, 0.05) is 30.1 Å². The van der Waals surface area contributed by atoms with Crippen molar-refractivity contribution >= 4 is 11.6 Å². The number of ether oxygens (including phenoxy) is 2. The van der Waals surface area contributed by atoms with E-state index < -0.39 is 34.2 Å². The van der Waals surface area contributed by atoms with Crippen LogP contribution in [0.2, 0.25) is 0 Å². The molecule has 4 aliphatic rings. The van der Waals surface area contributed by atoms with E-state index in [4.69, 9.17) is 9.47 Å². The lowest BCUT2D eigenvalue weighted by Crippen LogP contribution is -2.55. The molecular formula is C30H50O6. The van der Waals surface area contributed by atoms with E-state index in [1.54, 1.807) is 0 Å². The van der Waals surface area contributed by atoms with Gasteiger partial charge in [0.25, 0.3) is 0 Å². The molecule has 6 nitrogen and oxygen atoms in total. The molecule has 2 aliphatic carbocycles. The van der Waals surface area contributed by atoms with Gasteiger partial charge >= 0.3 is 0 Å². The van der Waals surface area contributed by atoms with Gasteiger partial charge in [0.05, 0.1) is 35.6 Å². The summed E-state index contributed by atoms with van der Waals surface area (Å²) < 4.78 is 13.1. The van der Waals surface area contributed by atoms with E-state index in [9.17, 15) is 19.8 Å². The van der Waals surface area contributed by atoms with E-state index in [-0.39, 0.29) is 35.1 Å². The number of hydrogen-bond donors (Lipinski definition) is 2. The van der Waals surface area contributed by atoms with Crippen molar-refractivity contribution in [3.63, 3.8) is 0 Å². The maximum absolute atomic E-state index is 14.1. The summed E-state index contributed by atoms with van der Waals surface area (Å²) in [6.45, 7) is 14.2. The van der Waals surface area contributed by atoms with E-state index >= 15 is 0 Å². The predicted octanol–water partition coefficient (Wildman–Crippen LogP) is 5.15. The van der Waals surface area contributed by atoms with E-state index in [0.717, 1.165) is 19.3 Å². The molecular weight excluding hydrogens is 456 g/mol. The van der Waals surface area contributed by atoms with Crippen LogP contribution < -0.4 is 0 Å². The van der Waals surface area contributed by atoms with Crippen LogP contribution in [-0.4, -0.2) is 57.4 Å². The lowest BCUT2D eigenvalue weighted by molar-refractivity contribution is -0.192. The number of ketones is 2. The van der Waals surface area contributed by atoms with Gasteiger partial charge in [-0.25, -0.2) is 0 Å². The summed E-state index contributed by atoms with van der Waals surface area (Å²) in [6.07, 6.45) is 5.36. The SMILES string of the molecule is CC1(C)O[C@H]2CCC(=O)[C@@]3(C)CC[C@@H]4OC(C)(C)[C@@H](O)CC[C@@]4(C)[C@@H]3CCC(=O)C[C@]2(C)CC[C@@H]1O. The highest BCUT2D eigenvalue weighted by molar-refractivity contribution is 5.85. The Hall–Kier alpha value is -0.820. The average Bonchev–Trinajstić information content (AvgIpc) is 2.93. The van der Waals surface area contributed by atoms with Gasteiger partial charge in [-0.15, -0.1) is 0 Å². The Morgan fingerprint density at radius 2 is 1.28 bits per heavy atom. The van der Waals surface area contributed by atoms with Crippen LogP contribution in [0.3, 0.4) is 0 Å². The standard InChI is InChI=1S/C30H50O6/c1-26(2)21(32)12-15-28(5)18-19(31)8-9-20-29(6,23(34)10-11-24(28)35-26)17-14-25-30(20,7)16-13-22(33)27(3,4)36-25/h20-22,24-25,32-33H,8-18H2,1-7H3/t20-,21+,22+,24+,25+,28+,29+,30+/m1/s1. The summed E-state index contributed by atoms with van der Waals surface area (Å²) in [7, 11) is 0. The number of carbonyl (C=O) groups excluding carboxylic acids is 2. The molecule has 0 unspecified atom stereocenters. The fraction of sp³-hybridized carbons (Fsp3) is 0.933. The van der Waals surface area contributed by atoms with Gasteiger partial charge in [0.15, 0.2) is 0 Å². The number of aliphatic hydroxyl groups excluding tert-OH is 2. The Bertz CT molecular complexity index is 866. The van der Waals surface area contributed by atoms with Crippen LogP contribution in [0, 0.1) is 22.2 Å². The fourth-order valence-corrected chi connectivity index (χ4v) is 8.20. The highest BCUT2D eigenvalue weighted by Gasteiger charge is 2.59. The molecule has 0 aromatic carbocycles. The Kier molecular flexibility index (Phi) is 7.38. The van der Waals surface area contributed by atoms with E-state index in [1.807, 2.05) is 27.7 Å². The third-order valence-corrected chi connectivity index (χ3v) is 11.0. The van der Waals surface area contributed by atoms with Gasteiger partial charge in [-0.1, -0.05) is 20.8 Å². The lowest BCUT2D eigenvalue weighted by Gasteiger charge is -2.55. The molecule has 6 heteroatoms. The average molecular weight is 507 g/mol. The number of fused-ring (bicyclic) bond motifs is 4. The summed E-state index contributed by atoms with van der Waals surface area (Å²) in [5.74, 6) is 0.507. The number of carbonyl (C=O) groups is 2. The molecule has 2 heterocycles. The first-order valence-electron chi connectivity index (χ1n) is 14.3. The molecule has 2 N–H and O–H groups in total. The normalized spacial score (nSPS) is 47.9. The first kappa shape index (κ1) is 28.2. The van der Waals surface area contributed by atoms with Crippen molar-refractivity contribution in [3.05, 3.63) is 0 Å². The van der Waals surface area contributed by atoms with Crippen LogP contribution in [0.15, 0.2) is 0 Å². The van der Waals surface area contributed by atoms with Gasteiger partial charge in [-0.05, 0) is 90.4 Å². The predicted molar refractivity (Wildman–Crippen MR) is 139 cm³/mol. The monoisotopic (exact) mass is 506 g/mol. The van der Waals surface area contributed by atoms with Crippen molar-refractivity contribution in [2.24, 2.45) is 22.2 Å². The second-order valence-electron chi connectivity index (χ2n) is 14.4. The van der Waals surface area contributed by atoms with Crippen molar-refractivity contribution in [2.75, 3.05) is 0 Å². The fourth-order valence-electron chi connectivity index (χ4n) is 8.20. The third kappa shape index (κ3) is 4.85. The van der Waals surface area contributed by atoms with Gasteiger partial charge in [0.1, 0.15) is 11.6 Å². The first-order valence-corrected chi connectivity index (χ1v) is 14.3. The topological polar surface area (TPSA) is 93.1 Å². The molecule has 4 rings (SSSR count). The molecule has 2 saturated heterocycles. The van der Waals surface area contributed by atoms with Crippen molar-refractivity contribution in [3.8, 4) is 0 Å². The zero-order chi connectivity index (χ0) is 26.7. The van der Waals surface area contributed by atoms with Crippen LogP contribution >= 0.6 is 0 Å². The van der Waals surface area contributed by atoms with Gasteiger partial charge in [-0.3, -0.25) is 9.59 Å². The zero-order valence-electron chi connectivity index (χ0n) is 23.7. The largest absolute Gasteiger partial charge is 0.390 e. The molecule has 0 amide bonds. The van der Waals surface area contributed by atoms with E-state index in [2.05, 4.69) is 20.8 Å². The summed E-state index contributed by atoms with van der Waals surface area (Å²) in [4.78, 5) is 27.6. The Labute approximate surface area is 217 Å². The zero-order valence-corrected chi connectivity index (χ0v) is 23.7. The molecule has 0 aromatic rings. The smallest absolute Gasteiger partial charge is 0.139 e. The maximum atomic E-state index is 14.1. The molecule has 8 atom stereocenters. The van der Waals surface area contributed by atoms with Crippen molar-refractivity contribution in [2.45, 2.75) is 155 Å². The van der Waals surface area contributed by atoms with Crippen molar-refractivity contribution in [1.29, 1.82) is 0 Å². The minimum absolute atomic E-state index is 0.0243. The molecule has 4 fully saturated rings. The Morgan fingerprint density at radius 1 is 0.694 bits per heavy atom. The molecule has 2 aliphatic heterocycles. The van der Waals surface area contributed by atoms with Crippen LogP contribution in [0.25, 0.3) is 0 Å². The molecule has 0 bridgehead atoms. The molecule has 36 heavy (non-hydrogen) atoms. The minimum Gasteiger partial charge on any atom is -0.390 e. The summed E-state index contributed by atoms with van der Waals surface area (Å²) in [5.41, 5.74) is -2.54. The molecule has 2 saturated carbocycles. The Balaban J connectivity index is 1.68. The van der Waals surface area contributed by atoms with Crippen molar-refractivity contribution in [1.82, 2.24) is 0 Å². The van der Waals surface area contributed by atoms with Crippen LogP contribution in [0.1, 0.15) is 119 Å². The van der Waals surface area contributed by atoms with Gasteiger partial charge < -0.3 is 19.7 Å². The first-order chi connectivity index (χ1) is 16.5. The number of rotatable bonds is 0. The second-order valence-corrected chi connectivity index (χ2v) is 14.4. The minimum atomic E-state index is -0.710. The van der Waals surface area contributed by atoms with E-state index in [0.29, 0.717) is 51.4 Å². The summed E-state index contributed by atoms with van der Waals surface area (Å²) >= 11 is 0. The number of Topliss-reactive ketones (excluding diaryl/α,β-unsaturated/α-hetero) is 2. The van der Waals surface area contributed by atoms with Crippen LogP contribution in [0.5, 0.6) is 0 Å². The maximum Gasteiger partial charge on any atom is 0.139 e. The van der Waals surface area contributed by atoms with Crippen LogP contribution in [-0.2, 0) is 19.1 Å².